The highest BCUT2D eigenvalue weighted by Gasteiger charge is 2.02. The molecule has 2 rings (SSSR count). The quantitative estimate of drug-likeness (QED) is 0.280. The van der Waals surface area contributed by atoms with Crippen molar-refractivity contribution in [1.29, 1.82) is 0 Å². The highest BCUT2D eigenvalue weighted by atomic mass is 16.5. The third-order valence-corrected chi connectivity index (χ3v) is 5.19. The molecule has 0 saturated heterocycles. The van der Waals surface area contributed by atoms with Gasteiger partial charge in [-0.2, -0.15) is 0 Å². The van der Waals surface area contributed by atoms with Gasteiger partial charge in [0.05, 0.1) is 18.5 Å². The lowest BCUT2D eigenvalue weighted by Crippen LogP contribution is -2.07. The third kappa shape index (κ3) is 9.94. The van der Waals surface area contributed by atoms with Gasteiger partial charge in [-0.15, -0.1) is 0 Å². The second kappa shape index (κ2) is 15.0. The second-order valence-electron chi connectivity index (χ2n) is 7.76. The van der Waals surface area contributed by atoms with Crippen molar-refractivity contribution in [1.82, 2.24) is 4.98 Å². The molecule has 0 spiro atoms. The predicted octanol–water partition coefficient (Wildman–Crippen LogP) is 7.24. The summed E-state index contributed by atoms with van der Waals surface area (Å²) in [5.74, 6) is 0.798. The standard InChI is InChI=1S/C26H39NO2/c1-3-5-7-9-10-12-23-13-15-24(16-14-23)26-18-17-25(22-27-26)29-21-20-28-19-11-8-6-4-2/h13-18,22H,3-12,19-21H2,1-2H3. The Morgan fingerprint density at radius 2 is 1.41 bits per heavy atom. The van der Waals surface area contributed by atoms with Gasteiger partial charge in [0.15, 0.2) is 0 Å². The molecule has 1 aromatic heterocycles. The molecule has 0 fully saturated rings. The van der Waals surface area contributed by atoms with Crippen LogP contribution in [0.15, 0.2) is 42.6 Å². The zero-order valence-electron chi connectivity index (χ0n) is 18.5. The molecule has 0 amide bonds. The molecular weight excluding hydrogens is 358 g/mol. The van der Waals surface area contributed by atoms with Crippen LogP contribution >= 0.6 is 0 Å². The summed E-state index contributed by atoms with van der Waals surface area (Å²) in [6.07, 6.45) is 14.6. The van der Waals surface area contributed by atoms with Crippen LogP contribution in [0.4, 0.5) is 0 Å². The number of unbranched alkanes of at least 4 members (excludes halogenated alkanes) is 7. The smallest absolute Gasteiger partial charge is 0.137 e. The van der Waals surface area contributed by atoms with Crippen LogP contribution in [0.5, 0.6) is 5.75 Å². The number of rotatable bonds is 16. The van der Waals surface area contributed by atoms with Crippen molar-refractivity contribution in [2.75, 3.05) is 19.8 Å². The summed E-state index contributed by atoms with van der Waals surface area (Å²) in [6, 6.07) is 12.8. The van der Waals surface area contributed by atoms with Crippen molar-refractivity contribution in [3.8, 4) is 17.0 Å². The zero-order chi connectivity index (χ0) is 20.6. The van der Waals surface area contributed by atoms with Crippen LogP contribution < -0.4 is 4.74 Å². The molecule has 3 nitrogen and oxygen atoms in total. The molecule has 0 unspecified atom stereocenters. The first-order valence-corrected chi connectivity index (χ1v) is 11.6. The molecule has 2 aromatic rings. The van der Waals surface area contributed by atoms with Crippen molar-refractivity contribution in [3.05, 3.63) is 48.2 Å². The van der Waals surface area contributed by atoms with Gasteiger partial charge in [0.1, 0.15) is 12.4 Å². The molecule has 1 heterocycles. The number of pyridine rings is 1. The molecule has 0 saturated carbocycles. The van der Waals surface area contributed by atoms with E-state index in [2.05, 4.69) is 43.1 Å². The fraction of sp³-hybridized carbons (Fsp3) is 0.577. The number of benzene rings is 1. The van der Waals surface area contributed by atoms with E-state index in [4.69, 9.17) is 9.47 Å². The van der Waals surface area contributed by atoms with E-state index in [0.29, 0.717) is 13.2 Å². The van der Waals surface area contributed by atoms with E-state index in [0.717, 1.165) is 30.0 Å². The minimum Gasteiger partial charge on any atom is -0.490 e. The van der Waals surface area contributed by atoms with E-state index in [1.54, 1.807) is 6.20 Å². The van der Waals surface area contributed by atoms with Crippen LogP contribution in [-0.4, -0.2) is 24.8 Å². The van der Waals surface area contributed by atoms with Crippen LogP contribution in [0.2, 0.25) is 0 Å². The molecule has 0 bridgehead atoms. The van der Waals surface area contributed by atoms with Gasteiger partial charge in [0.25, 0.3) is 0 Å². The second-order valence-corrected chi connectivity index (χ2v) is 7.76. The van der Waals surface area contributed by atoms with Crippen molar-refractivity contribution < 1.29 is 9.47 Å². The average molecular weight is 398 g/mol. The molecule has 29 heavy (non-hydrogen) atoms. The first-order valence-electron chi connectivity index (χ1n) is 11.6. The number of aryl methyl sites for hydroxylation is 1. The molecule has 0 atom stereocenters. The first kappa shape index (κ1) is 23.4. The lowest BCUT2D eigenvalue weighted by molar-refractivity contribution is 0.0970. The maximum absolute atomic E-state index is 5.73. The van der Waals surface area contributed by atoms with E-state index in [1.165, 1.54) is 63.4 Å². The van der Waals surface area contributed by atoms with Gasteiger partial charge >= 0.3 is 0 Å². The molecule has 1 aromatic carbocycles. The highest BCUT2D eigenvalue weighted by Crippen LogP contribution is 2.21. The SMILES string of the molecule is CCCCCCCc1ccc(-c2ccc(OCCOCCCCCC)cn2)cc1. The summed E-state index contributed by atoms with van der Waals surface area (Å²) < 4.78 is 11.3. The van der Waals surface area contributed by atoms with Gasteiger partial charge in [0.2, 0.25) is 0 Å². The minimum atomic E-state index is 0.571. The molecule has 0 aliphatic heterocycles. The van der Waals surface area contributed by atoms with Gasteiger partial charge in [-0.05, 0) is 37.0 Å². The molecule has 0 N–H and O–H groups in total. The van der Waals surface area contributed by atoms with Gasteiger partial charge < -0.3 is 9.47 Å². The molecule has 160 valence electrons. The van der Waals surface area contributed by atoms with Crippen LogP contribution in [0, 0.1) is 0 Å². The maximum Gasteiger partial charge on any atom is 0.137 e. The lowest BCUT2D eigenvalue weighted by atomic mass is 10.0. The molecule has 0 radical (unpaired) electrons. The summed E-state index contributed by atoms with van der Waals surface area (Å²) in [6.45, 7) is 6.51. The van der Waals surface area contributed by atoms with Gasteiger partial charge in [-0.3, -0.25) is 4.98 Å². The Morgan fingerprint density at radius 3 is 2.10 bits per heavy atom. The number of nitrogens with zero attached hydrogens (tertiary/aromatic N) is 1. The van der Waals surface area contributed by atoms with Gasteiger partial charge in [-0.25, -0.2) is 0 Å². The fourth-order valence-electron chi connectivity index (χ4n) is 3.36. The first-order chi connectivity index (χ1) is 14.3. The number of aromatic nitrogens is 1. The van der Waals surface area contributed by atoms with Crippen LogP contribution in [-0.2, 0) is 11.2 Å². The topological polar surface area (TPSA) is 31.4 Å². The normalized spacial score (nSPS) is 11.0. The largest absolute Gasteiger partial charge is 0.490 e. The molecule has 0 aliphatic carbocycles. The summed E-state index contributed by atoms with van der Waals surface area (Å²) in [5, 5.41) is 0. The minimum absolute atomic E-state index is 0.571. The Morgan fingerprint density at radius 1 is 0.690 bits per heavy atom. The number of hydrogen-bond donors (Lipinski definition) is 0. The summed E-state index contributed by atoms with van der Waals surface area (Å²) in [7, 11) is 0. The van der Waals surface area contributed by atoms with Crippen LogP contribution in [0.3, 0.4) is 0 Å². The third-order valence-electron chi connectivity index (χ3n) is 5.19. The van der Waals surface area contributed by atoms with Crippen LogP contribution in [0.1, 0.15) is 77.2 Å². The van der Waals surface area contributed by atoms with E-state index in [-0.39, 0.29) is 0 Å². The number of hydrogen-bond acceptors (Lipinski definition) is 3. The summed E-state index contributed by atoms with van der Waals surface area (Å²) in [5.41, 5.74) is 3.56. The van der Waals surface area contributed by atoms with E-state index < -0.39 is 0 Å². The van der Waals surface area contributed by atoms with Crippen molar-refractivity contribution in [2.24, 2.45) is 0 Å². The Hall–Kier alpha value is -1.87. The Balaban J connectivity index is 1.67. The Labute approximate surface area is 177 Å². The summed E-state index contributed by atoms with van der Waals surface area (Å²) in [4.78, 5) is 4.56. The Kier molecular flexibility index (Phi) is 12.1. The highest BCUT2D eigenvalue weighted by molar-refractivity contribution is 5.59. The van der Waals surface area contributed by atoms with Crippen molar-refractivity contribution in [3.63, 3.8) is 0 Å². The van der Waals surface area contributed by atoms with Crippen LogP contribution in [0.25, 0.3) is 11.3 Å². The molecule has 3 heteroatoms. The van der Waals surface area contributed by atoms with Gasteiger partial charge in [0, 0.05) is 12.2 Å². The average Bonchev–Trinajstić information content (AvgIpc) is 2.76. The van der Waals surface area contributed by atoms with Crippen molar-refractivity contribution in [2.45, 2.75) is 78.1 Å². The maximum atomic E-state index is 5.73. The van der Waals surface area contributed by atoms with Crippen molar-refractivity contribution >= 4 is 0 Å². The van der Waals surface area contributed by atoms with Gasteiger partial charge in [-0.1, -0.05) is 83.1 Å². The predicted molar refractivity (Wildman–Crippen MR) is 123 cm³/mol. The lowest BCUT2D eigenvalue weighted by Gasteiger charge is -2.08. The zero-order valence-corrected chi connectivity index (χ0v) is 18.5. The molecule has 0 aliphatic rings. The fourth-order valence-corrected chi connectivity index (χ4v) is 3.36. The Bertz CT molecular complexity index is 637. The van der Waals surface area contributed by atoms with E-state index in [1.807, 2.05) is 12.1 Å². The van der Waals surface area contributed by atoms with E-state index >= 15 is 0 Å². The number of ether oxygens (including phenoxy) is 2. The molecular formula is C26H39NO2. The van der Waals surface area contributed by atoms with E-state index in [9.17, 15) is 0 Å². The monoisotopic (exact) mass is 397 g/mol. The summed E-state index contributed by atoms with van der Waals surface area (Å²) >= 11 is 0.